The molecular weight excluding hydrogens is 236 g/mol. The monoisotopic (exact) mass is 252 g/mol. The fourth-order valence-corrected chi connectivity index (χ4v) is 2.39. The van der Waals surface area contributed by atoms with Crippen molar-refractivity contribution in [3.05, 3.63) is 71.7 Å². The van der Waals surface area contributed by atoms with Gasteiger partial charge in [-0.2, -0.15) is 0 Å². The van der Waals surface area contributed by atoms with Crippen molar-refractivity contribution in [2.24, 2.45) is 5.84 Å². The molecule has 1 unspecified atom stereocenters. The zero-order valence-electron chi connectivity index (χ0n) is 10.8. The fraction of sp³-hybridized carbons (Fsp3) is 0.125. The fourth-order valence-electron chi connectivity index (χ4n) is 2.39. The Hall–Kier alpha value is -2.10. The first-order chi connectivity index (χ1) is 9.28. The Labute approximate surface area is 112 Å². The van der Waals surface area contributed by atoms with Crippen LogP contribution in [0, 0.1) is 6.92 Å². The van der Waals surface area contributed by atoms with Crippen molar-refractivity contribution < 1.29 is 4.42 Å². The second-order valence-electron chi connectivity index (χ2n) is 4.70. The molecule has 3 nitrogen and oxygen atoms in total. The molecule has 0 saturated carbocycles. The van der Waals surface area contributed by atoms with E-state index in [0.717, 1.165) is 16.9 Å². The molecule has 3 N–H and O–H groups in total. The summed E-state index contributed by atoms with van der Waals surface area (Å²) in [6.07, 6.45) is 1.75. The Morgan fingerprint density at radius 2 is 1.79 bits per heavy atom. The Balaban J connectivity index is 2.06. The maximum absolute atomic E-state index is 5.70. The van der Waals surface area contributed by atoms with Gasteiger partial charge in [0.05, 0.1) is 12.3 Å². The number of benzene rings is 2. The van der Waals surface area contributed by atoms with Crippen molar-refractivity contribution in [3.8, 4) is 0 Å². The first-order valence-corrected chi connectivity index (χ1v) is 6.28. The highest BCUT2D eigenvalue weighted by atomic mass is 16.3. The maximum atomic E-state index is 5.70. The minimum absolute atomic E-state index is 0.0537. The van der Waals surface area contributed by atoms with Crippen molar-refractivity contribution in [1.82, 2.24) is 5.43 Å². The van der Waals surface area contributed by atoms with Gasteiger partial charge < -0.3 is 4.42 Å². The van der Waals surface area contributed by atoms with Crippen LogP contribution in [-0.2, 0) is 0 Å². The molecule has 1 atom stereocenters. The summed E-state index contributed by atoms with van der Waals surface area (Å²) in [5.41, 5.74) is 5.02. The van der Waals surface area contributed by atoms with Gasteiger partial charge in [0.25, 0.3) is 0 Å². The molecule has 3 aromatic rings. The molecule has 0 spiro atoms. The third-order valence-corrected chi connectivity index (χ3v) is 3.36. The van der Waals surface area contributed by atoms with Crippen LogP contribution in [0.25, 0.3) is 10.8 Å². The van der Waals surface area contributed by atoms with E-state index in [1.807, 2.05) is 25.1 Å². The smallest absolute Gasteiger partial charge is 0.101 e. The second-order valence-corrected chi connectivity index (χ2v) is 4.70. The van der Waals surface area contributed by atoms with Gasteiger partial charge in [-0.15, -0.1) is 0 Å². The van der Waals surface area contributed by atoms with Gasteiger partial charge in [-0.05, 0) is 35.4 Å². The van der Waals surface area contributed by atoms with E-state index in [4.69, 9.17) is 10.3 Å². The third-order valence-electron chi connectivity index (χ3n) is 3.36. The quantitative estimate of drug-likeness (QED) is 0.555. The van der Waals surface area contributed by atoms with Gasteiger partial charge in [0.15, 0.2) is 0 Å². The van der Waals surface area contributed by atoms with E-state index in [0.29, 0.717) is 0 Å². The normalized spacial score (nSPS) is 12.7. The molecule has 3 rings (SSSR count). The summed E-state index contributed by atoms with van der Waals surface area (Å²) in [6, 6.07) is 16.6. The minimum Gasteiger partial charge on any atom is -0.469 e. The summed E-state index contributed by atoms with van der Waals surface area (Å²) in [6.45, 7) is 1.93. The molecule has 3 heteroatoms. The number of nitrogens with one attached hydrogen (secondary N) is 1. The van der Waals surface area contributed by atoms with Crippen molar-refractivity contribution in [1.29, 1.82) is 0 Å². The van der Waals surface area contributed by atoms with Gasteiger partial charge in [0.1, 0.15) is 5.76 Å². The van der Waals surface area contributed by atoms with Crippen molar-refractivity contribution in [2.75, 3.05) is 0 Å². The minimum atomic E-state index is -0.0537. The standard InChI is InChI=1S/C16H16N2O/c1-11-8-15(10-19-11)16(18-17)14-7-6-12-4-2-3-5-13(12)9-14/h2-10,16,18H,17H2,1H3. The van der Waals surface area contributed by atoms with Crippen LogP contribution in [0.3, 0.4) is 0 Å². The molecule has 0 aliphatic rings. The summed E-state index contributed by atoms with van der Waals surface area (Å²) in [5.74, 6) is 6.58. The van der Waals surface area contributed by atoms with Crippen LogP contribution in [0.15, 0.2) is 59.2 Å². The van der Waals surface area contributed by atoms with Crippen molar-refractivity contribution in [2.45, 2.75) is 13.0 Å². The van der Waals surface area contributed by atoms with Crippen molar-refractivity contribution in [3.63, 3.8) is 0 Å². The highest BCUT2D eigenvalue weighted by Crippen LogP contribution is 2.26. The van der Waals surface area contributed by atoms with E-state index < -0.39 is 0 Å². The summed E-state index contributed by atoms with van der Waals surface area (Å²) < 4.78 is 5.36. The Morgan fingerprint density at radius 3 is 2.47 bits per heavy atom. The lowest BCUT2D eigenvalue weighted by atomic mass is 9.98. The number of hydrogen-bond donors (Lipinski definition) is 2. The molecule has 19 heavy (non-hydrogen) atoms. The molecular formula is C16H16N2O. The van der Waals surface area contributed by atoms with Crippen molar-refractivity contribution >= 4 is 10.8 Å². The van der Waals surface area contributed by atoms with Crippen LogP contribution in [-0.4, -0.2) is 0 Å². The highest BCUT2D eigenvalue weighted by Gasteiger charge is 2.14. The van der Waals surface area contributed by atoms with E-state index in [2.05, 4.69) is 35.8 Å². The summed E-state index contributed by atoms with van der Waals surface area (Å²) in [7, 11) is 0. The van der Waals surface area contributed by atoms with E-state index in [9.17, 15) is 0 Å². The third kappa shape index (κ3) is 2.26. The Kier molecular flexibility index (Phi) is 3.07. The number of hydrogen-bond acceptors (Lipinski definition) is 3. The Morgan fingerprint density at radius 1 is 1.00 bits per heavy atom. The largest absolute Gasteiger partial charge is 0.469 e. The molecule has 96 valence electrons. The van der Waals surface area contributed by atoms with E-state index in [-0.39, 0.29) is 6.04 Å². The molecule has 1 aromatic heterocycles. The van der Waals surface area contributed by atoms with Gasteiger partial charge in [-0.1, -0.05) is 36.4 Å². The number of hydrazine groups is 1. The van der Waals surface area contributed by atoms with Crippen LogP contribution in [0.5, 0.6) is 0 Å². The molecule has 0 bridgehead atoms. The first-order valence-electron chi connectivity index (χ1n) is 6.28. The van der Waals surface area contributed by atoms with Crippen LogP contribution < -0.4 is 11.3 Å². The van der Waals surface area contributed by atoms with Gasteiger partial charge in [0.2, 0.25) is 0 Å². The molecule has 2 aromatic carbocycles. The molecule has 0 aliphatic heterocycles. The summed E-state index contributed by atoms with van der Waals surface area (Å²) in [5, 5.41) is 2.44. The number of fused-ring (bicyclic) bond motifs is 1. The molecule has 0 saturated heterocycles. The number of rotatable bonds is 3. The molecule has 0 radical (unpaired) electrons. The van der Waals surface area contributed by atoms with E-state index >= 15 is 0 Å². The lowest BCUT2D eigenvalue weighted by Crippen LogP contribution is -2.28. The SMILES string of the molecule is Cc1cc(C(NN)c2ccc3ccccc3c2)co1. The summed E-state index contributed by atoms with van der Waals surface area (Å²) in [4.78, 5) is 0. The average molecular weight is 252 g/mol. The number of aryl methyl sites for hydroxylation is 1. The molecule has 1 heterocycles. The topological polar surface area (TPSA) is 51.2 Å². The highest BCUT2D eigenvalue weighted by molar-refractivity contribution is 5.83. The van der Waals surface area contributed by atoms with Gasteiger partial charge >= 0.3 is 0 Å². The zero-order chi connectivity index (χ0) is 13.2. The zero-order valence-corrected chi connectivity index (χ0v) is 10.8. The molecule has 0 fully saturated rings. The lowest BCUT2D eigenvalue weighted by Gasteiger charge is -2.15. The second kappa shape index (κ2) is 4.88. The maximum Gasteiger partial charge on any atom is 0.101 e. The number of nitrogens with two attached hydrogens (primary N) is 1. The Bertz CT molecular complexity index is 703. The average Bonchev–Trinajstić information content (AvgIpc) is 2.86. The lowest BCUT2D eigenvalue weighted by molar-refractivity contribution is 0.526. The molecule has 0 amide bonds. The first kappa shape index (κ1) is 12.0. The van der Waals surface area contributed by atoms with E-state index in [1.54, 1.807) is 6.26 Å². The van der Waals surface area contributed by atoms with E-state index in [1.165, 1.54) is 10.8 Å². The van der Waals surface area contributed by atoms with Gasteiger partial charge in [0, 0.05) is 5.56 Å². The summed E-state index contributed by atoms with van der Waals surface area (Å²) >= 11 is 0. The van der Waals surface area contributed by atoms with Gasteiger partial charge in [-0.25, -0.2) is 5.43 Å². The predicted molar refractivity (Wildman–Crippen MR) is 76.6 cm³/mol. The van der Waals surface area contributed by atoms with Crippen LogP contribution in [0.1, 0.15) is 22.9 Å². The van der Waals surface area contributed by atoms with Gasteiger partial charge in [-0.3, -0.25) is 5.84 Å². The van der Waals surface area contributed by atoms with Crippen LogP contribution >= 0.6 is 0 Å². The van der Waals surface area contributed by atoms with Crippen LogP contribution in [0.4, 0.5) is 0 Å². The number of furan rings is 1. The predicted octanol–water partition coefficient (Wildman–Crippen LogP) is 3.29. The molecule has 0 aliphatic carbocycles. The van der Waals surface area contributed by atoms with Crippen LogP contribution in [0.2, 0.25) is 0 Å².